The van der Waals surface area contributed by atoms with Gasteiger partial charge in [0.15, 0.2) is 0 Å². The fourth-order valence-electron chi connectivity index (χ4n) is 1.37. The molecule has 0 radical (unpaired) electrons. The van der Waals surface area contributed by atoms with Gasteiger partial charge >= 0.3 is 0 Å². The van der Waals surface area contributed by atoms with Gasteiger partial charge in [0.05, 0.1) is 4.90 Å². The number of hydrogen-bond donors (Lipinski definition) is 2. The Morgan fingerprint density at radius 2 is 2.00 bits per heavy atom. The lowest BCUT2D eigenvalue weighted by Gasteiger charge is -2.22. The number of thioether (sulfide) groups is 1. The first-order valence-electron chi connectivity index (χ1n) is 5.69. The van der Waals surface area contributed by atoms with E-state index in [9.17, 15) is 8.42 Å². The Bertz CT molecular complexity index is 571. The van der Waals surface area contributed by atoms with Crippen LogP contribution in [0.4, 0.5) is 5.69 Å². The number of nitrogens with one attached hydrogen (secondary N) is 1. The molecule has 0 unspecified atom stereocenters. The molecule has 3 N–H and O–H groups in total. The van der Waals surface area contributed by atoms with Crippen molar-refractivity contribution in [1.82, 2.24) is 4.72 Å². The predicted molar refractivity (Wildman–Crippen MR) is 83.4 cm³/mol. The second kappa shape index (κ2) is 5.91. The molecule has 0 amide bonds. The van der Waals surface area contributed by atoms with Crippen molar-refractivity contribution in [3.8, 4) is 0 Å². The number of hydrogen-bond acceptors (Lipinski definition) is 4. The second-order valence-corrected chi connectivity index (χ2v) is 8.59. The average Bonchev–Trinajstić information content (AvgIpc) is 2.31. The van der Waals surface area contributed by atoms with E-state index < -0.39 is 10.0 Å². The lowest BCUT2D eigenvalue weighted by Crippen LogP contribution is -2.36. The molecule has 0 aliphatic rings. The van der Waals surface area contributed by atoms with Crippen molar-refractivity contribution >= 4 is 39.1 Å². The first-order valence-corrected chi connectivity index (χ1v) is 8.78. The molecule has 7 heteroatoms. The van der Waals surface area contributed by atoms with E-state index in [1.807, 2.05) is 20.1 Å². The molecular formula is C12H19ClN2O2S2. The molecule has 0 bridgehead atoms. The third-order valence-corrected chi connectivity index (χ3v) is 5.89. The number of nitrogen functional groups attached to an aromatic ring is 1. The number of rotatable bonds is 5. The van der Waals surface area contributed by atoms with Crippen LogP contribution in [0.1, 0.15) is 19.4 Å². The Morgan fingerprint density at radius 3 is 2.53 bits per heavy atom. The Hall–Kier alpha value is -0.430. The van der Waals surface area contributed by atoms with E-state index in [4.69, 9.17) is 17.3 Å². The van der Waals surface area contributed by atoms with Crippen LogP contribution in [0.25, 0.3) is 0 Å². The van der Waals surface area contributed by atoms with Crippen molar-refractivity contribution in [2.45, 2.75) is 30.4 Å². The van der Waals surface area contributed by atoms with E-state index in [1.54, 1.807) is 24.8 Å². The van der Waals surface area contributed by atoms with E-state index in [2.05, 4.69) is 4.72 Å². The van der Waals surface area contributed by atoms with Gasteiger partial charge in [-0.25, -0.2) is 13.1 Å². The van der Waals surface area contributed by atoms with Crippen LogP contribution in [0.2, 0.25) is 5.02 Å². The summed E-state index contributed by atoms with van der Waals surface area (Å²) in [5, 5.41) is 0.313. The van der Waals surface area contributed by atoms with Gasteiger partial charge in [-0.2, -0.15) is 11.8 Å². The van der Waals surface area contributed by atoms with Gasteiger partial charge in [0.1, 0.15) is 0 Å². The third-order valence-electron chi connectivity index (χ3n) is 2.89. The molecule has 19 heavy (non-hydrogen) atoms. The van der Waals surface area contributed by atoms with Gasteiger partial charge in [0, 0.05) is 22.0 Å². The molecule has 0 spiro atoms. The molecule has 4 nitrogen and oxygen atoms in total. The Balaban J connectivity index is 3.08. The average molecular weight is 323 g/mol. The van der Waals surface area contributed by atoms with Gasteiger partial charge in [-0.15, -0.1) is 0 Å². The van der Waals surface area contributed by atoms with Crippen LogP contribution in [-0.4, -0.2) is 26.0 Å². The van der Waals surface area contributed by atoms with E-state index in [1.165, 1.54) is 6.07 Å². The molecule has 0 aliphatic heterocycles. The van der Waals surface area contributed by atoms with Crippen LogP contribution in [0.3, 0.4) is 0 Å². The minimum absolute atomic E-state index is 0.134. The standard InChI is InChI=1S/C12H19ClN2O2S2/c1-8-10(14)5-9(13)6-11(8)19(16,17)15-7-12(2,3)18-4/h5-6,15H,7,14H2,1-4H3. The molecule has 108 valence electrons. The molecule has 0 atom stereocenters. The summed E-state index contributed by atoms with van der Waals surface area (Å²) in [6.07, 6.45) is 1.94. The molecule has 0 saturated heterocycles. The highest BCUT2D eigenvalue weighted by Gasteiger charge is 2.23. The zero-order chi connectivity index (χ0) is 14.8. The van der Waals surface area contributed by atoms with Crippen LogP contribution in [0, 0.1) is 6.92 Å². The van der Waals surface area contributed by atoms with Crippen molar-refractivity contribution < 1.29 is 8.42 Å². The van der Waals surface area contributed by atoms with E-state index in [-0.39, 0.29) is 9.64 Å². The molecule has 1 aromatic rings. The first-order chi connectivity index (χ1) is 8.59. The minimum atomic E-state index is -3.61. The topological polar surface area (TPSA) is 72.2 Å². The second-order valence-electron chi connectivity index (χ2n) is 4.91. The molecule has 0 heterocycles. The summed E-state index contributed by atoms with van der Waals surface area (Å²) in [5.41, 5.74) is 6.63. The predicted octanol–water partition coefficient (Wildman–Crippen LogP) is 2.65. The van der Waals surface area contributed by atoms with Gasteiger partial charge in [-0.1, -0.05) is 11.6 Å². The zero-order valence-corrected chi connectivity index (χ0v) is 13.8. The van der Waals surface area contributed by atoms with Crippen molar-refractivity contribution in [2.24, 2.45) is 0 Å². The first kappa shape index (κ1) is 16.6. The number of halogens is 1. The van der Waals surface area contributed by atoms with Gasteiger partial charge in [0.2, 0.25) is 10.0 Å². The lowest BCUT2D eigenvalue weighted by atomic mass is 10.2. The fourth-order valence-corrected chi connectivity index (χ4v) is 3.48. The zero-order valence-electron chi connectivity index (χ0n) is 11.5. The highest BCUT2D eigenvalue weighted by atomic mass is 35.5. The molecule has 0 aliphatic carbocycles. The van der Waals surface area contributed by atoms with Gasteiger partial charge in [0.25, 0.3) is 0 Å². The van der Waals surface area contributed by atoms with Crippen LogP contribution in [-0.2, 0) is 10.0 Å². The Kier molecular flexibility index (Phi) is 5.17. The van der Waals surface area contributed by atoms with Crippen molar-refractivity contribution in [2.75, 3.05) is 18.5 Å². The molecule has 0 saturated carbocycles. The Labute approximate surface area is 124 Å². The number of anilines is 1. The maximum Gasteiger partial charge on any atom is 0.241 e. The number of sulfonamides is 1. The van der Waals surface area contributed by atoms with Crippen molar-refractivity contribution in [1.29, 1.82) is 0 Å². The molecular weight excluding hydrogens is 304 g/mol. The van der Waals surface area contributed by atoms with E-state index in [0.29, 0.717) is 22.8 Å². The summed E-state index contributed by atoms with van der Waals surface area (Å²) < 4.78 is 27.0. The third kappa shape index (κ3) is 4.27. The van der Waals surface area contributed by atoms with Crippen LogP contribution in [0.15, 0.2) is 17.0 Å². The maximum atomic E-state index is 12.3. The van der Waals surface area contributed by atoms with Gasteiger partial charge in [-0.3, -0.25) is 0 Å². The molecule has 1 aromatic carbocycles. The van der Waals surface area contributed by atoms with Crippen molar-refractivity contribution in [3.63, 3.8) is 0 Å². The molecule has 0 fully saturated rings. The molecule has 1 rings (SSSR count). The van der Waals surface area contributed by atoms with Crippen LogP contribution >= 0.6 is 23.4 Å². The van der Waals surface area contributed by atoms with Crippen LogP contribution < -0.4 is 10.5 Å². The SMILES string of the molecule is CSC(C)(C)CNS(=O)(=O)c1cc(Cl)cc(N)c1C. The summed E-state index contributed by atoms with van der Waals surface area (Å²) >= 11 is 7.46. The van der Waals surface area contributed by atoms with Gasteiger partial charge < -0.3 is 5.73 Å². The monoisotopic (exact) mass is 322 g/mol. The highest BCUT2D eigenvalue weighted by molar-refractivity contribution is 8.00. The Morgan fingerprint density at radius 1 is 1.42 bits per heavy atom. The lowest BCUT2D eigenvalue weighted by molar-refractivity contribution is 0.570. The highest BCUT2D eigenvalue weighted by Crippen LogP contribution is 2.27. The van der Waals surface area contributed by atoms with Gasteiger partial charge in [-0.05, 0) is 44.7 Å². The maximum absolute atomic E-state index is 12.3. The number of nitrogens with two attached hydrogens (primary N) is 1. The fraction of sp³-hybridized carbons (Fsp3) is 0.500. The summed E-state index contributed by atoms with van der Waals surface area (Å²) in [5.74, 6) is 0. The summed E-state index contributed by atoms with van der Waals surface area (Å²) in [6.45, 7) is 5.95. The van der Waals surface area contributed by atoms with Crippen molar-refractivity contribution in [3.05, 3.63) is 22.7 Å². The molecule has 0 aromatic heterocycles. The summed E-state index contributed by atoms with van der Waals surface area (Å²) in [6, 6.07) is 2.96. The minimum Gasteiger partial charge on any atom is -0.398 e. The van der Waals surface area contributed by atoms with E-state index in [0.717, 1.165) is 0 Å². The normalized spacial score (nSPS) is 12.7. The largest absolute Gasteiger partial charge is 0.398 e. The number of benzene rings is 1. The van der Waals surface area contributed by atoms with Crippen LogP contribution in [0.5, 0.6) is 0 Å². The van der Waals surface area contributed by atoms with E-state index >= 15 is 0 Å². The smallest absolute Gasteiger partial charge is 0.241 e. The quantitative estimate of drug-likeness (QED) is 0.817. The summed E-state index contributed by atoms with van der Waals surface area (Å²) in [7, 11) is -3.61. The summed E-state index contributed by atoms with van der Waals surface area (Å²) in [4.78, 5) is 0.134.